The van der Waals surface area contributed by atoms with Gasteiger partial charge in [0.2, 0.25) is 0 Å². The van der Waals surface area contributed by atoms with Gasteiger partial charge in [-0.2, -0.15) is 0 Å². The van der Waals surface area contributed by atoms with E-state index in [9.17, 15) is 19.5 Å². The third-order valence-corrected chi connectivity index (χ3v) is 8.56. The molecule has 6 rings (SSSR count). The lowest BCUT2D eigenvalue weighted by molar-refractivity contribution is -0.150. The number of amides is 2. The average Bonchev–Trinajstić information content (AvgIpc) is 3.60. The number of fused-ring (bicyclic) bond motifs is 2. The maximum atomic E-state index is 13.1. The number of anilines is 1. The van der Waals surface area contributed by atoms with E-state index in [1.807, 2.05) is 36.4 Å². The van der Waals surface area contributed by atoms with E-state index in [-0.39, 0.29) is 28.7 Å². The highest BCUT2D eigenvalue weighted by Crippen LogP contribution is 2.41. The number of nitrogen functional groups attached to an aromatic ring is 1. The number of rotatable bonds is 8. The number of oxime groups is 1. The molecule has 2 aliphatic heterocycles. The normalized spacial score (nSPS) is 18.7. The number of carboxylic acids is 1. The molecular formula is C26H22N8O5S2. The molecule has 0 bridgehead atoms. The van der Waals surface area contributed by atoms with Gasteiger partial charge in [-0.15, -0.1) is 23.1 Å². The Labute approximate surface area is 240 Å². The number of carbonyl (C=O) groups is 3. The Morgan fingerprint density at radius 2 is 2.02 bits per heavy atom. The van der Waals surface area contributed by atoms with Crippen molar-refractivity contribution in [3.05, 3.63) is 70.5 Å². The van der Waals surface area contributed by atoms with Crippen LogP contribution in [-0.2, 0) is 25.6 Å². The van der Waals surface area contributed by atoms with Gasteiger partial charge >= 0.3 is 5.97 Å². The van der Waals surface area contributed by atoms with E-state index < -0.39 is 29.2 Å². The summed E-state index contributed by atoms with van der Waals surface area (Å²) in [7, 11) is 1.28. The maximum absolute atomic E-state index is 13.1. The van der Waals surface area contributed by atoms with Crippen molar-refractivity contribution in [1.29, 1.82) is 0 Å². The molecule has 0 aliphatic carbocycles. The van der Waals surface area contributed by atoms with Crippen molar-refractivity contribution in [3.63, 3.8) is 0 Å². The van der Waals surface area contributed by atoms with Crippen LogP contribution >= 0.6 is 23.1 Å². The summed E-state index contributed by atoms with van der Waals surface area (Å²) in [6, 6.07) is 12.4. The topological polar surface area (TPSA) is 189 Å². The number of aliphatic carboxylic acids is 1. The smallest absolute Gasteiger partial charge is 0.352 e. The van der Waals surface area contributed by atoms with Crippen LogP contribution in [0.5, 0.6) is 0 Å². The Kier molecular flexibility index (Phi) is 6.88. The molecule has 5 heterocycles. The quantitative estimate of drug-likeness (QED) is 0.134. The summed E-state index contributed by atoms with van der Waals surface area (Å²) in [6.07, 6.45) is 0.224. The largest absolute Gasteiger partial charge is 0.477 e. The number of benzene rings is 1. The molecule has 0 radical (unpaired) electrons. The van der Waals surface area contributed by atoms with Gasteiger partial charge in [-0.05, 0) is 17.7 Å². The first-order valence-corrected chi connectivity index (χ1v) is 14.2. The minimum atomic E-state index is -1.23. The van der Waals surface area contributed by atoms with Crippen LogP contribution in [0.4, 0.5) is 5.13 Å². The fraction of sp³-hybridized carbons (Fsp3) is 0.192. The molecule has 4 aromatic rings. The van der Waals surface area contributed by atoms with Crippen molar-refractivity contribution in [2.24, 2.45) is 5.16 Å². The zero-order chi connectivity index (χ0) is 28.7. The summed E-state index contributed by atoms with van der Waals surface area (Å²) in [6.45, 7) is 0. The van der Waals surface area contributed by atoms with E-state index in [2.05, 4.69) is 30.4 Å². The highest BCUT2D eigenvalue weighted by Gasteiger charge is 2.54. The maximum Gasteiger partial charge on any atom is 0.352 e. The Bertz CT molecular complexity index is 1750. The molecule has 208 valence electrons. The van der Waals surface area contributed by atoms with Crippen LogP contribution in [-0.4, -0.2) is 77.7 Å². The number of nitrogens with one attached hydrogen (secondary N) is 2. The van der Waals surface area contributed by atoms with Gasteiger partial charge in [0, 0.05) is 28.8 Å². The Hall–Kier alpha value is -4.76. The molecule has 2 aliphatic rings. The van der Waals surface area contributed by atoms with Crippen LogP contribution in [0.25, 0.3) is 22.6 Å². The first-order chi connectivity index (χ1) is 19.8. The third-order valence-electron chi connectivity index (χ3n) is 6.54. The Morgan fingerprint density at radius 1 is 1.22 bits per heavy atom. The second kappa shape index (κ2) is 10.7. The van der Waals surface area contributed by atoms with Crippen molar-refractivity contribution in [3.8, 4) is 11.4 Å². The third kappa shape index (κ3) is 4.89. The zero-order valence-corrected chi connectivity index (χ0v) is 23.0. The standard InChI is InChI=1S/C26H22N8O5S2/c1-39-33-17(16-11-41-26(27)30-16)22(35)31-18-23(36)34-19(25(37)38)13(10-40-24(18)34)9-14-7-8-15-21(28-14)32-20(29-15)12-5-3-2-4-6-12/h2-8,11,18,24H,9-10H2,1H3,(H2,27,30)(H,31,35)(H,37,38)(H,28,29,32)/t18?,24-/m0/s1. The molecule has 0 saturated carbocycles. The fourth-order valence-corrected chi connectivity index (χ4v) is 6.60. The lowest BCUT2D eigenvalue weighted by Gasteiger charge is -2.49. The van der Waals surface area contributed by atoms with Crippen molar-refractivity contribution >= 4 is 62.9 Å². The van der Waals surface area contributed by atoms with E-state index in [1.54, 1.807) is 11.4 Å². The average molecular weight is 591 g/mol. The zero-order valence-electron chi connectivity index (χ0n) is 21.4. The predicted molar refractivity (Wildman–Crippen MR) is 153 cm³/mol. The summed E-state index contributed by atoms with van der Waals surface area (Å²) >= 11 is 2.49. The molecule has 2 amide bonds. The Morgan fingerprint density at radius 3 is 2.73 bits per heavy atom. The van der Waals surface area contributed by atoms with Crippen LogP contribution in [0.2, 0.25) is 0 Å². The molecule has 1 unspecified atom stereocenters. The molecule has 2 atom stereocenters. The molecule has 13 nitrogen and oxygen atoms in total. The van der Waals surface area contributed by atoms with Crippen molar-refractivity contribution in [2.75, 3.05) is 18.6 Å². The molecule has 41 heavy (non-hydrogen) atoms. The van der Waals surface area contributed by atoms with E-state index >= 15 is 0 Å². The highest BCUT2D eigenvalue weighted by atomic mass is 32.2. The first kappa shape index (κ1) is 26.5. The number of carbonyl (C=O) groups excluding carboxylic acids is 2. The van der Waals surface area contributed by atoms with Gasteiger partial charge in [-0.25, -0.2) is 19.7 Å². The fourth-order valence-electron chi connectivity index (χ4n) is 4.70. The second-order valence-electron chi connectivity index (χ2n) is 9.11. The second-order valence-corrected chi connectivity index (χ2v) is 11.1. The minimum absolute atomic E-state index is 0.101. The number of nitrogens with zero attached hydrogens (tertiary/aromatic N) is 5. The van der Waals surface area contributed by atoms with Crippen LogP contribution in [0.3, 0.4) is 0 Å². The lowest BCUT2D eigenvalue weighted by Crippen LogP contribution is -2.71. The van der Waals surface area contributed by atoms with Gasteiger partial charge in [0.15, 0.2) is 16.5 Å². The number of nitrogens with two attached hydrogens (primary N) is 1. The number of β-lactam (4-membered cyclic amide) rings is 1. The van der Waals surface area contributed by atoms with E-state index in [4.69, 9.17) is 10.6 Å². The monoisotopic (exact) mass is 590 g/mol. The SMILES string of the molecule is CON=C(C(=O)NC1C(=O)N2C(C(=O)O)=C(Cc3ccc4[nH]c(-c5ccccc5)nc4n3)CS[C@@H]12)c1csc(N)n1. The Balaban J connectivity index is 1.21. The predicted octanol–water partition coefficient (Wildman–Crippen LogP) is 2.00. The molecule has 15 heteroatoms. The molecular weight excluding hydrogens is 568 g/mol. The van der Waals surface area contributed by atoms with Crippen LogP contribution < -0.4 is 11.1 Å². The summed E-state index contributed by atoms with van der Waals surface area (Å²) in [4.78, 5) is 61.0. The van der Waals surface area contributed by atoms with E-state index in [0.717, 1.165) is 22.4 Å². The van der Waals surface area contributed by atoms with Crippen molar-refractivity contribution < 1.29 is 24.3 Å². The molecule has 0 spiro atoms. The number of aromatic nitrogens is 4. The van der Waals surface area contributed by atoms with Gasteiger partial charge in [-0.1, -0.05) is 35.5 Å². The molecule has 3 aromatic heterocycles. The molecule has 1 saturated heterocycles. The van der Waals surface area contributed by atoms with Gasteiger partial charge in [-0.3, -0.25) is 14.5 Å². The summed E-state index contributed by atoms with van der Waals surface area (Å²) in [5.41, 5.74) is 8.99. The summed E-state index contributed by atoms with van der Waals surface area (Å²) < 4.78 is 0. The van der Waals surface area contributed by atoms with E-state index in [1.165, 1.54) is 23.8 Å². The van der Waals surface area contributed by atoms with Crippen LogP contribution in [0.1, 0.15) is 11.4 Å². The number of imidazole rings is 1. The molecule has 5 N–H and O–H groups in total. The van der Waals surface area contributed by atoms with E-state index in [0.29, 0.717) is 28.5 Å². The van der Waals surface area contributed by atoms with Gasteiger partial charge in [0.1, 0.15) is 35.7 Å². The van der Waals surface area contributed by atoms with Gasteiger partial charge in [0.25, 0.3) is 11.8 Å². The lowest BCUT2D eigenvalue weighted by atomic mass is 10.00. The van der Waals surface area contributed by atoms with Gasteiger partial charge in [0.05, 0.1) is 5.52 Å². The number of H-pyrrole nitrogens is 1. The number of carboxylic acid groups (broad SMARTS) is 1. The van der Waals surface area contributed by atoms with Crippen LogP contribution in [0, 0.1) is 0 Å². The molecule has 1 aromatic carbocycles. The first-order valence-electron chi connectivity index (χ1n) is 12.3. The molecule has 1 fully saturated rings. The number of thioether (sulfide) groups is 1. The minimum Gasteiger partial charge on any atom is -0.477 e. The number of pyridine rings is 1. The highest BCUT2D eigenvalue weighted by molar-refractivity contribution is 8.00. The number of aromatic amines is 1. The summed E-state index contributed by atoms with van der Waals surface area (Å²) in [5, 5.41) is 17.6. The number of thiazole rings is 1. The van der Waals surface area contributed by atoms with Gasteiger partial charge < -0.3 is 26.0 Å². The number of hydrogen-bond donors (Lipinski definition) is 4. The number of hydrogen-bond acceptors (Lipinski definition) is 11. The van der Waals surface area contributed by atoms with Crippen molar-refractivity contribution in [2.45, 2.75) is 17.8 Å². The van der Waals surface area contributed by atoms with Crippen LogP contribution in [0.15, 0.2) is 64.3 Å². The van der Waals surface area contributed by atoms with Crippen molar-refractivity contribution in [1.82, 2.24) is 30.2 Å². The summed E-state index contributed by atoms with van der Waals surface area (Å²) in [5.74, 6) is -1.44.